The van der Waals surface area contributed by atoms with Gasteiger partial charge in [-0.15, -0.1) is 0 Å². The van der Waals surface area contributed by atoms with E-state index in [-0.39, 0.29) is 5.54 Å². The number of halogens is 1. The van der Waals surface area contributed by atoms with Crippen LogP contribution in [0.2, 0.25) is 0 Å². The normalized spacial score (nSPS) is 13.8. The summed E-state index contributed by atoms with van der Waals surface area (Å²) in [5.41, 5.74) is 0.945. The predicted octanol–water partition coefficient (Wildman–Crippen LogP) is 2.14. The number of β-amino-alcohol motifs (C(OH)–C–C–N with tert-alkyl or cyclic N) is 1. The Bertz CT molecular complexity index is 319. The quantitative estimate of drug-likeness (QED) is 0.891. The SMILES string of the molecule is CC(C)(C)NCC(O)Cc1ccc(Br)cn1. The molecule has 1 heterocycles. The highest BCUT2D eigenvalue weighted by Crippen LogP contribution is 2.09. The molecule has 0 bridgehead atoms. The average Bonchev–Trinajstić information content (AvgIpc) is 2.18. The Labute approximate surface area is 105 Å². The van der Waals surface area contributed by atoms with Crippen molar-refractivity contribution in [1.82, 2.24) is 10.3 Å². The lowest BCUT2D eigenvalue weighted by atomic mass is 10.1. The fourth-order valence-corrected chi connectivity index (χ4v) is 1.50. The topological polar surface area (TPSA) is 45.1 Å². The Balaban J connectivity index is 2.39. The molecule has 90 valence electrons. The molecule has 0 aromatic carbocycles. The predicted molar refractivity (Wildman–Crippen MR) is 69.4 cm³/mol. The van der Waals surface area contributed by atoms with Crippen LogP contribution in [0.4, 0.5) is 0 Å². The van der Waals surface area contributed by atoms with E-state index in [0.29, 0.717) is 13.0 Å². The molecule has 16 heavy (non-hydrogen) atoms. The lowest BCUT2D eigenvalue weighted by molar-refractivity contribution is 0.160. The molecule has 4 heteroatoms. The van der Waals surface area contributed by atoms with Gasteiger partial charge in [0.2, 0.25) is 0 Å². The van der Waals surface area contributed by atoms with Crippen molar-refractivity contribution >= 4 is 15.9 Å². The van der Waals surface area contributed by atoms with Crippen molar-refractivity contribution in [3.63, 3.8) is 0 Å². The van der Waals surface area contributed by atoms with Gasteiger partial charge in [0.25, 0.3) is 0 Å². The van der Waals surface area contributed by atoms with E-state index >= 15 is 0 Å². The van der Waals surface area contributed by atoms with Crippen LogP contribution >= 0.6 is 15.9 Å². The summed E-state index contributed by atoms with van der Waals surface area (Å²) in [5.74, 6) is 0. The zero-order valence-corrected chi connectivity index (χ0v) is 11.6. The van der Waals surface area contributed by atoms with Gasteiger partial charge in [0.1, 0.15) is 0 Å². The summed E-state index contributed by atoms with van der Waals surface area (Å²) >= 11 is 3.33. The maximum absolute atomic E-state index is 9.82. The molecule has 0 fully saturated rings. The number of nitrogens with one attached hydrogen (secondary N) is 1. The van der Waals surface area contributed by atoms with Crippen molar-refractivity contribution in [1.29, 1.82) is 0 Å². The number of rotatable bonds is 4. The molecular weight excluding hydrogens is 268 g/mol. The molecule has 2 N–H and O–H groups in total. The number of aromatic nitrogens is 1. The van der Waals surface area contributed by atoms with Crippen LogP contribution in [0.3, 0.4) is 0 Å². The average molecular weight is 287 g/mol. The van der Waals surface area contributed by atoms with Gasteiger partial charge in [-0.3, -0.25) is 4.98 Å². The van der Waals surface area contributed by atoms with E-state index < -0.39 is 6.10 Å². The summed E-state index contributed by atoms with van der Waals surface area (Å²) in [7, 11) is 0. The molecule has 0 spiro atoms. The first-order valence-corrected chi connectivity index (χ1v) is 6.19. The first kappa shape index (κ1) is 13.6. The number of aliphatic hydroxyl groups excluding tert-OH is 1. The highest BCUT2D eigenvalue weighted by molar-refractivity contribution is 9.10. The van der Waals surface area contributed by atoms with Crippen LogP contribution in [-0.4, -0.2) is 28.3 Å². The second-order valence-corrected chi connectivity index (χ2v) is 5.87. The fraction of sp³-hybridized carbons (Fsp3) is 0.583. The first-order chi connectivity index (χ1) is 7.37. The van der Waals surface area contributed by atoms with Crippen LogP contribution in [0.25, 0.3) is 0 Å². The smallest absolute Gasteiger partial charge is 0.0720 e. The summed E-state index contributed by atoms with van der Waals surface area (Å²) in [6, 6.07) is 3.86. The molecule has 0 saturated carbocycles. The molecular formula is C12H19BrN2O. The molecule has 0 aliphatic carbocycles. The van der Waals surface area contributed by atoms with Crippen LogP contribution in [0, 0.1) is 0 Å². The van der Waals surface area contributed by atoms with E-state index in [4.69, 9.17) is 0 Å². The summed E-state index contributed by atoms with van der Waals surface area (Å²) < 4.78 is 0.957. The molecule has 1 aromatic heterocycles. The summed E-state index contributed by atoms with van der Waals surface area (Å²) in [6.07, 6.45) is 1.93. The third-order valence-corrected chi connectivity index (χ3v) is 2.57. The van der Waals surface area contributed by atoms with Crippen molar-refractivity contribution in [2.75, 3.05) is 6.54 Å². The van der Waals surface area contributed by atoms with Crippen molar-refractivity contribution in [2.45, 2.75) is 38.8 Å². The highest BCUT2D eigenvalue weighted by Gasteiger charge is 2.12. The summed E-state index contributed by atoms with van der Waals surface area (Å²) in [6.45, 7) is 6.83. The van der Waals surface area contributed by atoms with Crippen LogP contribution < -0.4 is 5.32 Å². The molecule has 1 unspecified atom stereocenters. The largest absolute Gasteiger partial charge is 0.391 e. The van der Waals surface area contributed by atoms with Crippen molar-refractivity contribution in [2.24, 2.45) is 0 Å². The molecule has 1 rings (SSSR count). The molecule has 0 radical (unpaired) electrons. The first-order valence-electron chi connectivity index (χ1n) is 5.40. The lowest BCUT2D eigenvalue weighted by Crippen LogP contribution is -2.41. The van der Waals surface area contributed by atoms with E-state index in [9.17, 15) is 5.11 Å². The van der Waals surface area contributed by atoms with Crippen LogP contribution in [0.15, 0.2) is 22.8 Å². The van der Waals surface area contributed by atoms with Gasteiger partial charge in [-0.25, -0.2) is 0 Å². The van der Waals surface area contributed by atoms with Crippen molar-refractivity contribution in [3.8, 4) is 0 Å². The lowest BCUT2D eigenvalue weighted by Gasteiger charge is -2.22. The van der Waals surface area contributed by atoms with E-state index in [1.54, 1.807) is 6.20 Å². The second-order valence-electron chi connectivity index (χ2n) is 4.96. The van der Waals surface area contributed by atoms with Gasteiger partial charge in [0.05, 0.1) is 6.10 Å². The van der Waals surface area contributed by atoms with Crippen molar-refractivity contribution in [3.05, 3.63) is 28.5 Å². The number of hydrogen-bond donors (Lipinski definition) is 2. The van der Waals surface area contributed by atoms with E-state index in [0.717, 1.165) is 10.2 Å². The molecule has 0 aliphatic rings. The monoisotopic (exact) mass is 286 g/mol. The summed E-state index contributed by atoms with van der Waals surface area (Å²) in [4.78, 5) is 4.23. The molecule has 0 amide bonds. The minimum atomic E-state index is -0.395. The third kappa shape index (κ3) is 5.58. The maximum atomic E-state index is 9.82. The molecule has 0 aliphatic heterocycles. The Morgan fingerprint density at radius 3 is 2.62 bits per heavy atom. The third-order valence-electron chi connectivity index (χ3n) is 2.10. The Morgan fingerprint density at radius 1 is 1.44 bits per heavy atom. The van der Waals surface area contributed by atoms with E-state index in [1.165, 1.54) is 0 Å². The van der Waals surface area contributed by atoms with Gasteiger partial charge in [0.15, 0.2) is 0 Å². The zero-order chi connectivity index (χ0) is 12.2. The minimum Gasteiger partial charge on any atom is -0.391 e. The van der Waals surface area contributed by atoms with Crippen LogP contribution in [0.5, 0.6) is 0 Å². The van der Waals surface area contributed by atoms with Gasteiger partial charge in [0, 0.05) is 34.9 Å². The van der Waals surface area contributed by atoms with Gasteiger partial charge >= 0.3 is 0 Å². The molecule has 3 nitrogen and oxygen atoms in total. The van der Waals surface area contributed by atoms with Crippen LogP contribution in [-0.2, 0) is 6.42 Å². The van der Waals surface area contributed by atoms with E-state index in [1.807, 2.05) is 12.1 Å². The van der Waals surface area contributed by atoms with Gasteiger partial charge < -0.3 is 10.4 Å². The Kier molecular flexibility index (Phi) is 4.89. The Morgan fingerprint density at radius 2 is 2.12 bits per heavy atom. The molecule has 1 aromatic rings. The van der Waals surface area contributed by atoms with E-state index in [2.05, 4.69) is 47.0 Å². The van der Waals surface area contributed by atoms with Gasteiger partial charge in [-0.1, -0.05) is 0 Å². The number of pyridine rings is 1. The number of aliphatic hydroxyl groups is 1. The maximum Gasteiger partial charge on any atom is 0.0720 e. The van der Waals surface area contributed by atoms with Crippen molar-refractivity contribution < 1.29 is 5.11 Å². The number of hydrogen-bond acceptors (Lipinski definition) is 3. The zero-order valence-electron chi connectivity index (χ0n) is 10.00. The number of nitrogens with zero attached hydrogens (tertiary/aromatic N) is 1. The van der Waals surface area contributed by atoms with Gasteiger partial charge in [-0.2, -0.15) is 0 Å². The molecule has 1 atom stereocenters. The fourth-order valence-electron chi connectivity index (χ4n) is 1.26. The second kappa shape index (κ2) is 5.75. The van der Waals surface area contributed by atoms with Gasteiger partial charge in [-0.05, 0) is 48.8 Å². The standard InChI is InChI=1S/C12H19BrN2O/c1-12(2,3)15-8-11(16)6-10-5-4-9(13)7-14-10/h4-5,7,11,15-16H,6,8H2,1-3H3. The molecule has 0 saturated heterocycles. The minimum absolute atomic E-state index is 0.0358. The van der Waals surface area contributed by atoms with Crippen LogP contribution in [0.1, 0.15) is 26.5 Å². The Hall–Kier alpha value is -0.450. The summed E-state index contributed by atoms with van der Waals surface area (Å²) in [5, 5.41) is 13.1. The highest BCUT2D eigenvalue weighted by atomic mass is 79.9.